The van der Waals surface area contributed by atoms with Crippen molar-refractivity contribution in [1.82, 2.24) is 5.32 Å². The summed E-state index contributed by atoms with van der Waals surface area (Å²) in [5.74, 6) is -0.111. The van der Waals surface area contributed by atoms with E-state index in [2.05, 4.69) is 19.2 Å². The number of nitrogens with one attached hydrogen (secondary N) is 1. The highest BCUT2D eigenvalue weighted by Crippen LogP contribution is 2.26. The van der Waals surface area contributed by atoms with E-state index in [0.29, 0.717) is 25.9 Å². The van der Waals surface area contributed by atoms with E-state index in [9.17, 15) is 9.59 Å². The van der Waals surface area contributed by atoms with Gasteiger partial charge in [-0.3, -0.25) is 9.59 Å². The van der Waals surface area contributed by atoms with E-state index in [4.69, 9.17) is 34.5 Å². The molecule has 3 unspecified atom stereocenters. The molecule has 0 aliphatic heterocycles. The van der Waals surface area contributed by atoms with E-state index in [1.165, 1.54) is 6.92 Å². The summed E-state index contributed by atoms with van der Waals surface area (Å²) in [7, 11) is -4.64. The highest BCUT2D eigenvalue weighted by molar-refractivity contribution is 7.45. The van der Waals surface area contributed by atoms with Gasteiger partial charge in [0.25, 0.3) is 6.47 Å². The first-order valence-electron chi connectivity index (χ1n) is 8.72. The zero-order chi connectivity index (χ0) is 21.0. The Morgan fingerprint density at radius 2 is 1.96 bits per heavy atom. The number of amides is 1. The summed E-state index contributed by atoms with van der Waals surface area (Å²) in [6.45, 7) is 6.42. The molecule has 1 amide bonds. The molecule has 0 radical (unpaired) electrons. The van der Waals surface area contributed by atoms with E-state index >= 15 is 0 Å². The summed E-state index contributed by atoms with van der Waals surface area (Å²) in [6.07, 6.45) is 5.03. The van der Waals surface area contributed by atoms with Crippen molar-refractivity contribution in [3.8, 4) is 0 Å². The summed E-state index contributed by atoms with van der Waals surface area (Å²) in [5, 5.41) is 2.90. The SMILES string of the molecule is CCC(CC)OC1C=C(CCOC=O)CC(N)C1NC(C)=O.O=P(O)(O)O. The van der Waals surface area contributed by atoms with Gasteiger partial charge in [0.15, 0.2) is 0 Å². The van der Waals surface area contributed by atoms with Crippen molar-refractivity contribution in [2.24, 2.45) is 5.73 Å². The lowest BCUT2D eigenvalue weighted by atomic mass is 9.87. The average Bonchev–Trinajstić information content (AvgIpc) is 2.54. The fraction of sp³-hybridized carbons (Fsp3) is 0.750. The van der Waals surface area contributed by atoms with Crippen LogP contribution in [0, 0.1) is 0 Å². The molecule has 27 heavy (non-hydrogen) atoms. The summed E-state index contributed by atoms with van der Waals surface area (Å²) in [6, 6.07) is -0.437. The van der Waals surface area contributed by atoms with Gasteiger partial charge in [-0.15, -0.1) is 0 Å². The molecule has 11 heteroatoms. The Bertz CT molecular complexity index is 524. The number of nitrogens with two attached hydrogens (primary N) is 1. The minimum absolute atomic E-state index is 0.111. The van der Waals surface area contributed by atoms with Gasteiger partial charge >= 0.3 is 7.82 Å². The van der Waals surface area contributed by atoms with Crippen molar-refractivity contribution < 1.29 is 38.3 Å². The molecule has 0 spiro atoms. The van der Waals surface area contributed by atoms with E-state index in [1.807, 2.05) is 6.08 Å². The largest absolute Gasteiger partial charge is 0.468 e. The van der Waals surface area contributed by atoms with Crippen molar-refractivity contribution >= 4 is 20.2 Å². The first kappa shape index (κ1) is 25.7. The number of hydrogen-bond acceptors (Lipinski definition) is 6. The topological polar surface area (TPSA) is 168 Å². The molecule has 0 aromatic carbocycles. The Morgan fingerprint density at radius 3 is 2.41 bits per heavy atom. The van der Waals surface area contributed by atoms with Gasteiger partial charge in [-0.2, -0.15) is 0 Å². The van der Waals surface area contributed by atoms with Crippen LogP contribution in [-0.2, 0) is 23.6 Å². The molecular weight excluding hydrogens is 379 g/mol. The summed E-state index contributed by atoms with van der Waals surface area (Å²) >= 11 is 0. The van der Waals surface area contributed by atoms with Crippen LogP contribution in [0.5, 0.6) is 0 Å². The lowest BCUT2D eigenvalue weighted by molar-refractivity contribution is -0.128. The van der Waals surface area contributed by atoms with Gasteiger partial charge in [0.05, 0.1) is 24.9 Å². The van der Waals surface area contributed by atoms with Crippen molar-refractivity contribution in [3.63, 3.8) is 0 Å². The van der Waals surface area contributed by atoms with E-state index < -0.39 is 7.82 Å². The molecule has 0 fully saturated rings. The van der Waals surface area contributed by atoms with Gasteiger partial charge in [0, 0.05) is 19.4 Å². The zero-order valence-electron chi connectivity index (χ0n) is 15.9. The Morgan fingerprint density at radius 1 is 1.41 bits per heavy atom. The van der Waals surface area contributed by atoms with Crippen LogP contribution in [-0.4, -0.2) is 58.0 Å². The van der Waals surface area contributed by atoms with Gasteiger partial charge < -0.3 is 35.2 Å². The lowest BCUT2D eigenvalue weighted by Crippen LogP contribution is -2.56. The summed E-state index contributed by atoms with van der Waals surface area (Å²) in [4.78, 5) is 43.2. The Kier molecular flexibility index (Phi) is 12.4. The molecule has 0 saturated carbocycles. The minimum Gasteiger partial charge on any atom is -0.468 e. The van der Waals surface area contributed by atoms with Crippen LogP contribution in [0.4, 0.5) is 0 Å². The van der Waals surface area contributed by atoms with E-state index in [0.717, 1.165) is 18.4 Å². The highest BCUT2D eigenvalue weighted by atomic mass is 31.2. The molecule has 1 aliphatic carbocycles. The van der Waals surface area contributed by atoms with Crippen molar-refractivity contribution in [2.45, 2.75) is 70.7 Å². The van der Waals surface area contributed by atoms with Crippen LogP contribution in [0.1, 0.15) is 46.5 Å². The molecule has 0 aromatic rings. The monoisotopic (exact) mass is 410 g/mol. The second kappa shape index (κ2) is 13.0. The molecule has 10 nitrogen and oxygen atoms in total. The fourth-order valence-corrected chi connectivity index (χ4v) is 2.75. The van der Waals surface area contributed by atoms with E-state index in [-0.39, 0.29) is 30.2 Å². The number of phosphoric acid groups is 1. The van der Waals surface area contributed by atoms with Crippen LogP contribution in [0.25, 0.3) is 0 Å². The third-order valence-corrected chi connectivity index (χ3v) is 3.95. The number of rotatable bonds is 9. The minimum atomic E-state index is -4.64. The first-order valence-corrected chi connectivity index (χ1v) is 10.3. The molecule has 1 aliphatic rings. The third kappa shape index (κ3) is 12.7. The van der Waals surface area contributed by atoms with Crippen molar-refractivity contribution in [1.29, 1.82) is 0 Å². The standard InChI is InChI=1S/C16H28N2O4.H3O4P/c1-4-13(5-2)22-15-9-12(6-7-21-10-19)8-14(17)16(15)18-11(3)20;1-5(2,3)4/h9-10,13-16H,4-8,17H2,1-3H3,(H,18,20);(H3,1,2,3,4). The second-order valence-electron chi connectivity index (χ2n) is 6.19. The van der Waals surface area contributed by atoms with E-state index in [1.54, 1.807) is 0 Å². The normalized spacial score (nSPS) is 22.4. The molecule has 0 saturated heterocycles. The van der Waals surface area contributed by atoms with Gasteiger partial charge in [0.2, 0.25) is 5.91 Å². The predicted molar refractivity (Wildman–Crippen MR) is 98.4 cm³/mol. The average molecular weight is 410 g/mol. The molecule has 3 atom stereocenters. The van der Waals surface area contributed by atoms with Crippen molar-refractivity contribution in [3.05, 3.63) is 11.6 Å². The Labute approximate surface area is 159 Å². The second-order valence-corrected chi connectivity index (χ2v) is 7.22. The smallest absolute Gasteiger partial charge is 0.466 e. The number of carbonyl (C=O) groups excluding carboxylic acids is 2. The molecule has 0 heterocycles. The number of ether oxygens (including phenoxy) is 2. The summed E-state index contributed by atoms with van der Waals surface area (Å²) < 4.78 is 19.8. The first-order chi connectivity index (χ1) is 12.5. The van der Waals surface area contributed by atoms with Gasteiger partial charge in [-0.1, -0.05) is 25.5 Å². The molecule has 158 valence electrons. The van der Waals surface area contributed by atoms with Gasteiger partial charge in [-0.25, -0.2) is 4.57 Å². The highest BCUT2D eigenvalue weighted by Gasteiger charge is 2.33. The molecule has 0 bridgehead atoms. The Hall–Kier alpha value is -1.29. The van der Waals surface area contributed by atoms with Gasteiger partial charge in [-0.05, 0) is 19.3 Å². The maximum atomic E-state index is 11.4. The molecule has 6 N–H and O–H groups in total. The van der Waals surface area contributed by atoms with Crippen molar-refractivity contribution in [2.75, 3.05) is 6.61 Å². The number of hydrogen-bond donors (Lipinski definition) is 5. The zero-order valence-corrected chi connectivity index (χ0v) is 16.8. The van der Waals surface area contributed by atoms with Crippen LogP contribution in [0.2, 0.25) is 0 Å². The maximum Gasteiger partial charge on any atom is 0.466 e. The van der Waals surface area contributed by atoms with Crippen LogP contribution < -0.4 is 11.1 Å². The lowest BCUT2D eigenvalue weighted by Gasteiger charge is -2.37. The third-order valence-electron chi connectivity index (χ3n) is 3.95. The van der Waals surface area contributed by atoms with Crippen LogP contribution in [0.15, 0.2) is 11.6 Å². The van der Waals surface area contributed by atoms with Gasteiger partial charge in [0.1, 0.15) is 0 Å². The quantitative estimate of drug-likeness (QED) is 0.156. The molecule has 1 rings (SSSR count). The summed E-state index contributed by atoms with van der Waals surface area (Å²) in [5.41, 5.74) is 7.33. The maximum absolute atomic E-state index is 11.4. The predicted octanol–water partition coefficient (Wildman–Crippen LogP) is 0.357. The van der Waals surface area contributed by atoms with Crippen LogP contribution in [0.3, 0.4) is 0 Å². The molecule has 0 aromatic heterocycles. The fourth-order valence-electron chi connectivity index (χ4n) is 2.75. The molecular formula is C16H31N2O8P. The Balaban J connectivity index is 0.00000119. The van der Waals surface area contributed by atoms with Crippen LogP contribution >= 0.6 is 7.82 Å². The number of carbonyl (C=O) groups is 2.